The molecule has 1 aliphatic heterocycles. The summed E-state index contributed by atoms with van der Waals surface area (Å²) in [6, 6.07) is -1.24. The third-order valence-corrected chi connectivity index (χ3v) is 3.52. The molecule has 9 atom stereocenters. The van der Waals surface area contributed by atoms with E-state index in [2.05, 4.69) is 0 Å². The first-order valence-corrected chi connectivity index (χ1v) is 6.77. The summed E-state index contributed by atoms with van der Waals surface area (Å²) in [6.45, 7) is 0.623. The van der Waals surface area contributed by atoms with Crippen LogP contribution >= 0.6 is 0 Å². The number of aliphatic hydroxyl groups is 6. The van der Waals surface area contributed by atoms with E-state index in [4.69, 9.17) is 20.3 Å². The summed E-state index contributed by atoms with van der Waals surface area (Å²) in [5.74, 6) is 0. The monoisotopic (exact) mass is 325 g/mol. The van der Waals surface area contributed by atoms with Crippen molar-refractivity contribution in [3.63, 3.8) is 0 Å². The van der Waals surface area contributed by atoms with E-state index in [-0.39, 0.29) is 6.29 Å². The van der Waals surface area contributed by atoms with Gasteiger partial charge in [0, 0.05) is 0 Å². The highest BCUT2D eigenvalue weighted by Crippen LogP contribution is 2.23. The molecule has 0 radical (unpaired) electrons. The van der Waals surface area contributed by atoms with Crippen molar-refractivity contribution in [2.75, 3.05) is 6.61 Å². The number of carbonyl (C=O) groups excluding carboxylic acids is 1. The number of carbonyl (C=O) groups is 1. The zero-order chi connectivity index (χ0) is 17.0. The van der Waals surface area contributed by atoms with Gasteiger partial charge in [0.05, 0.1) is 18.8 Å². The van der Waals surface area contributed by atoms with E-state index >= 15 is 0 Å². The molecule has 1 aliphatic rings. The van der Waals surface area contributed by atoms with Gasteiger partial charge >= 0.3 is 0 Å². The fraction of sp³-hybridized carbons (Fsp3) is 0.917. The highest BCUT2D eigenvalue weighted by Gasteiger charge is 2.45. The van der Waals surface area contributed by atoms with Crippen molar-refractivity contribution in [3.8, 4) is 0 Å². The van der Waals surface area contributed by atoms with E-state index in [9.17, 15) is 30.3 Å². The van der Waals surface area contributed by atoms with Crippen LogP contribution < -0.4 is 5.73 Å². The molecule has 10 heteroatoms. The molecule has 22 heavy (non-hydrogen) atoms. The Balaban J connectivity index is 2.85. The number of hydrogen-bond donors (Lipinski definition) is 7. The molecule has 1 heterocycles. The van der Waals surface area contributed by atoms with Crippen LogP contribution in [0.2, 0.25) is 0 Å². The van der Waals surface area contributed by atoms with Crippen LogP contribution in [-0.2, 0) is 14.3 Å². The minimum Gasteiger partial charge on any atom is -0.394 e. The molecule has 1 fully saturated rings. The number of rotatable bonds is 7. The van der Waals surface area contributed by atoms with E-state index in [1.165, 1.54) is 6.92 Å². The first kappa shape index (κ1) is 19.4. The fourth-order valence-electron chi connectivity index (χ4n) is 2.14. The molecule has 10 nitrogen and oxygen atoms in total. The van der Waals surface area contributed by atoms with Gasteiger partial charge in [-0.3, -0.25) is 0 Å². The van der Waals surface area contributed by atoms with Gasteiger partial charge in [-0.15, -0.1) is 0 Å². The summed E-state index contributed by atoms with van der Waals surface area (Å²) < 4.78 is 10.4. The number of aliphatic hydroxyl groups excluding tert-OH is 6. The van der Waals surface area contributed by atoms with Crippen LogP contribution in [0.1, 0.15) is 6.92 Å². The van der Waals surface area contributed by atoms with E-state index < -0.39 is 61.7 Å². The van der Waals surface area contributed by atoms with E-state index in [1.54, 1.807) is 0 Å². The second kappa shape index (κ2) is 8.24. The predicted octanol–water partition coefficient (Wildman–Crippen LogP) is -4.56. The van der Waals surface area contributed by atoms with Crippen LogP contribution in [-0.4, -0.2) is 98.6 Å². The second-order valence-corrected chi connectivity index (χ2v) is 5.24. The number of aldehydes is 1. The summed E-state index contributed by atoms with van der Waals surface area (Å²) in [5, 5.41) is 57.2. The van der Waals surface area contributed by atoms with Crippen molar-refractivity contribution in [2.24, 2.45) is 5.73 Å². The lowest BCUT2D eigenvalue weighted by Crippen LogP contribution is -2.64. The highest BCUT2D eigenvalue weighted by molar-refractivity contribution is 5.56. The summed E-state index contributed by atoms with van der Waals surface area (Å²) >= 11 is 0. The molecule has 0 saturated carbocycles. The standard InChI is InChI=1S/C12H23NO9/c1-4(16)11(8(18)5(17)2-14)22-12-7(13)10(20)9(19)6(3-15)21-12/h2,4-12,15-20H,3,13H2,1H3/t4-,5+,6-,7-,8-,9-,10-,11-,12+/m1/s1. The second-order valence-electron chi connectivity index (χ2n) is 5.24. The van der Waals surface area contributed by atoms with Crippen LogP contribution in [0, 0.1) is 0 Å². The van der Waals surface area contributed by atoms with Gasteiger partial charge in [0.25, 0.3) is 0 Å². The normalized spacial score (nSPS) is 38.1. The molecule has 1 rings (SSSR count). The minimum atomic E-state index is -1.80. The molecule has 0 aromatic carbocycles. The average Bonchev–Trinajstić information content (AvgIpc) is 2.50. The number of hydrogen-bond acceptors (Lipinski definition) is 10. The van der Waals surface area contributed by atoms with Crippen LogP contribution in [0.5, 0.6) is 0 Å². The van der Waals surface area contributed by atoms with Crippen LogP contribution in [0.4, 0.5) is 0 Å². The molecule has 0 spiro atoms. The van der Waals surface area contributed by atoms with Crippen LogP contribution in [0.3, 0.4) is 0 Å². The lowest BCUT2D eigenvalue weighted by atomic mass is 9.97. The van der Waals surface area contributed by atoms with Gasteiger partial charge in [0.1, 0.15) is 36.6 Å². The van der Waals surface area contributed by atoms with E-state index in [0.717, 1.165) is 0 Å². The SMILES string of the molecule is C[C@@H](O)[C@@H](O[C@@H]1O[C@H](CO)[C@@H](O)[C@H](O)[C@H]1N)[C@H](O)[C@@H](O)C=O. The van der Waals surface area contributed by atoms with Crippen molar-refractivity contribution in [3.05, 3.63) is 0 Å². The third kappa shape index (κ3) is 4.19. The van der Waals surface area contributed by atoms with Crippen molar-refractivity contribution in [1.82, 2.24) is 0 Å². The maximum absolute atomic E-state index is 10.5. The molecule has 0 aromatic rings. The van der Waals surface area contributed by atoms with E-state index in [1.807, 2.05) is 0 Å². The zero-order valence-corrected chi connectivity index (χ0v) is 12.0. The highest BCUT2D eigenvalue weighted by atomic mass is 16.7. The van der Waals surface area contributed by atoms with Crippen LogP contribution in [0.15, 0.2) is 0 Å². The van der Waals surface area contributed by atoms with Gasteiger partial charge in [-0.05, 0) is 6.92 Å². The molecule has 0 aliphatic carbocycles. The summed E-state index contributed by atoms with van der Waals surface area (Å²) in [7, 11) is 0. The van der Waals surface area contributed by atoms with Crippen LogP contribution in [0.25, 0.3) is 0 Å². The Morgan fingerprint density at radius 1 is 1.27 bits per heavy atom. The maximum atomic E-state index is 10.5. The molecular weight excluding hydrogens is 302 g/mol. The lowest BCUT2D eigenvalue weighted by molar-refractivity contribution is -0.295. The number of ether oxygens (including phenoxy) is 2. The Morgan fingerprint density at radius 2 is 1.86 bits per heavy atom. The molecule has 0 amide bonds. The summed E-state index contributed by atoms with van der Waals surface area (Å²) in [5.41, 5.74) is 5.65. The molecule has 0 bridgehead atoms. The van der Waals surface area contributed by atoms with Gasteiger partial charge in [-0.1, -0.05) is 0 Å². The fourth-order valence-corrected chi connectivity index (χ4v) is 2.14. The first-order valence-electron chi connectivity index (χ1n) is 6.77. The quantitative estimate of drug-likeness (QED) is 0.225. The number of nitrogens with two attached hydrogens (primary N) is 1. The Hall–Kier alpha value is -0.690. The van der Waals surface area contributed by atoms with Gasteiger partial charge < -0.3 is 50.6 Å². The Morgan fingerprint density at radius 3 is 2.32 bits per heavy atom. The smallest absolute Gasteiger partial charge is 0.176 e. The zero-order valence-electron chi connectivity index (χ0n) is 12.0. The maximum Gasteiger partial charge on any atom is 0.176 e. The predicted molar refractivity (Wildman–Crippen MR) is 70.4 cm³/mol. The lowest BCUT2D eigenvalue weighted by Gasteiger charge is -2.42. The topological polar surface area (TPSA) is 183 Å². The van der Waals surface area contributed by atoms with Gasteiger partial charge in [-0.2, -0.15) is 0 Å². The Kier molecular flexibility index (Phi) is 7.25. The van der Waals surface area contributed by atoms with Crippen molar-refractivity contribution < 1.29 is 44.9 Å². The molecule has 8 N–H and O–H groups in total. The summed E-state index contributed by atoms with van der Waals surface area (Å²) in [4.78, 5) is 10.5. The summed E-state index contributed by atoms with van der Waals surface area (Å²) in [6.07, 6.45) is -11.7. The molecule has 0 unspecified atom stereocenters. The first-order chi connectivity index (χ1) is 10.2. The Labute approximate surface area is 126 Å². The molecule has 130 valence electrons. The molecule has 0 aromatic heterocycles. The van der Waals surface area contributed by atoms with E-state index in [0.29, 0.717) is 0 Å². The van der Waals surface area contributed by atoms with Crippen molar-refractivity contribution in [1.29, 1.82) is 0 Å². The Bertz CT molecular complexity index is 353. The average molecular weight is 325 g/mol. The van der Waals surface area contributed by atoms with Gasteiger partial charge in [0.15, 0.2) is 12.6 Å². The minimum absolute atomic E-state index is 0.0696. The molecular formula is C12H23NO9. The molecule has 1 saturated heterocycles. The van der Waals surface area contributed by atoms with Crippen molar-refractivity contribution >= 4 is 6.29 Å². The van der Waals surface area contributed by atoms with Gasteiger partial charge in [0.2, 0.25) is 0 Å². The van der Waals surface area contributed by atoms with Crippen molar-refractivity contribution in [2.45, 2.75) is 62.0 Å². The van der Waals surface area contributed by atoms with Gasteiger partial charge in [-0.25, -0.2) is 0 Å². The third-order valence-electron chi connectivity index (χ3n) is 3.52. The largest absolute Gasteiger partial charge is 0.394 e.